The molecule has 2 heterocycles. The summed E-state index contributed by atoms with van der Waals surface area (Å²) in [5.74, 6) is 1.75. The van der Waals surface area contributed by atoms with Gasteiger partial charge in [-0.05, 0) is 53.4 Å². The number of fused-ring (bicyclic) bond motifs is 1. The molecule has 2 aromatic rings. The number of benzene rings is 1. The second-order valence-corrected chi connectivity index (χ2v) is 8.82. The van der Waals surface area contributed by atoms with Gasteiger partial charge in [0.25, 0.3) is 0 Å². The van der Waals surface area contributed by atoms with E-state index in [4.69, 9.17) is 0 Å². The molecule has 0 bridgehead atoms. The zero-order valence-electron chi connectivity index (χ0n) is 15.0. The Labute approximate surface area is 150 Å². The zero-order valence-corrected chi connectivity index (χ0v) is 15.8. The first-order valence-corrected chi connectivity index (χ1v) is 10.5. The first kappa shape index (κ1) is 16.4. The van der Waals surface area contributed by atoms with E-state index < -0.39 is 0 Å². The highest BCUT2D eigenvalue weighted by molar-refractivity contribution is 7.13. The molecule has 1 aromatic heterocycles. The zero-order chi connectivity index (χ0) is 16.6. The summed E-state index contributed by atoms with van der Waals surface area (Å²) in [4.78, 5) is 4.11. The molecule has 2 fully saturated rings. The molecule has 1 saturated heterocycles. The van der Waals surface area contributed by atoms with Crippen molar-refractivity contribution in [3.05, 3.63) is 47.3 Å². The van der Waals surface area contributed by atoms with Crippen molar-refractivity contribution in [2.75, 3.05) is 19.6 Å². The van der Waals surface area contributed by atoms with Gasteiger partial charge in [0.15, 0.2) is 0 Å². The fourth-order valence-electron chi connectivity index (χ4n) is 4.79. The van der Waals surface area contributed by atoms with Crippen molar-refractivity contribution >= 4 is 11.3 Å². The summed E-state index contributed by atoms with van der Waals surface area (Å²) in [5, 5.41) is 2.17. The molecule has 2 unspecified atom stereocenters. The van der Waals surface area contributed by atoms with Crippen molar-refractivity contribution in [1.82, 2.24) is 4.90 Å². The normalized spacial score (nSPS) is 28.9. The number of hydrogen-bond acceptors (Lipinski definition) is 2. The van der Waals surface area contributed by atoms with Crippen molar-refractivity contribution in [2.24, 2.45) is 11.8 Å². The minimum absolute atomic E-state index is 0.424. The summed E-state index contributed by atoms with van der Waals surface area (Å²) in [6.45, 7) is 8.75. The monoisotopic (exact) mass is 339 g/mol. The molecule has 1 saturated carbocycles. The van der Waals surface area contributed by atoms with Crippen molar-refractivity contribution in [1.29, 1.82) is 0 Å². The molecular weight excluding hydrogens is 310 g/mol. The summed E-state index contributed by atoms with van der Waals surface area (Å²) < 4.78 is 0. The third-order valence-corrected chi connectivity index (χ3v) is 7.36. The maximum absolute atomic E-state index is 2.72. The van der Waals surface area contributed by atoms with Gasteiger partial charge in [0.2, 0.25) is 0 Å². The highest BCUT2D eigenvalue weighted by Crippen LogP contribution is 2.63. The number of likely N-dealkylation sites (tertiary alicyclic amines) is 1. The standard InChI is InChI=1S/C22H29NS/c1-3-4-5-6-12-23-15-19-20(16-23)22(19,2)18-10-7-9-17(14-18)21-11-8-13-24-21/h7-11,13-14,19-20H,3-6,12,15-16H2,1-2H3. The lowest BCUT2D eigenvalue weighted by Crippen LogP contribution is -2.29. The molecule has 0 radical (unpaired) electrons. The van der Waals surface area contributed by atoms with Gasteiger partial charge in [-0.15, -0.1) is 11.3 Å². The molecule has 128 valence electrons. The number of piperidine rings is 1. The van der Waals surface area contributed by atoms with Crippen LogP contribution in [0.15, 0.2) is 41.8 Å². The Bertz CT molecular complexity index is 663. The van der Waals surface area contributed by atoms with Crippen LogP contribution in [0.3, 0.4) is 0 Å². The molecule has 4 rings (SSSR count). The van der Waals surface area contributed by atoms with Gasteiger partial charge in [-0.1, -0.05) is 57.4 Å². The van der Waals surface area contributed by atoms with E-state index in [1.807, 2.05) is 11.3 Å². The number of hydrogen-bond donors (Lipinski definition) is 0. The maximum atomic E-state index is 2.72. The highest BCUT2D eigenvalue weighted by Gasteiger charge is 2.65. The number of rotatable bonds is 7. The van der Waals surface area contributed by atoms with Gasteiger partial charge in [-0.2, -0.15) is 0 Å². The predicted molar refractivity (Wildman–Crippen MR) is 105 cm³/mol. The van der Waals surface area contributed by atoms with Crippen molar-refractivity contribution in [3.63, 3.8) is 0 Å². The Balaban J connectivity index is 1.40. The van der Waals surface area contributed by atoms with E-state index in [0.29, 0.717) is 5.41 Å². The third kappa shape index (κ3) is 2.84. The van der Waals surface area contributed by atoms with Gasteiger partial charge in [0.05, 0.1) is 0 Å². The molecule has 1 aliphatic carbocycles. The smallest absolute Gasteiger partial charge is 0.0342 e. The quantitative estimate of drug-likeness (QED) is 0.575. The summed E-state index contributed by atoms with van der Waals surface area (Å²) in [6, 6.07) is 13.7. The fourth-order valence-corrected chi connectivity index (χ4v) is 5.51. The predicted octanol–water partition coefficient (Wildman–Crippen LogP) is 5.81. The summed E-state index contributed by atoms with van der Waals surface area (Å²) in [6.07, 6.45) is 5.53. The lowest BCUT2D eigenvalue weighted by atomic mass is 9.91. The third-order valence-electron chi connectivity index (χ3n) is 6.45. The molecule has 1 aromatic carbocycles. The van der Waals surface area contributed by atoms with Crippen molar-refractivity contribution in [3.8, 4) is 10.4 Å². The molecule has 0 spiro atoms. The molecule has 2 aliphatic rings. The number of nitrogens with zero attached hydrogens (tertiary/aromatic N) is 1. The van der Waals surface area contributed by atoms with E-state index in [-0.39, 0.29) is 0 Å². The van der Waals surface area contributed by atoms with Gasteiger partial charge >= 0.3 is 0 Å². The maximum Gasteiger partial charge on any atom is 0.0342 e. The second-order valence-electron chi connectivity index (χ2n) is 7.87. The minimum Gasteiger partial charge on any atom is -0.303 e. The van der Waals surface area contributed by atoms with E-state index in [2.05, 4.69) is 60.5 Å². The molecular formula is C22H29NS. The van der Waals surface area contributed by atoms with Gasteiger partial charge in [-0.3, -0.25) is 0 Å². The first-order chi connectivity index (χ1) is 11.7. The average molecular weight is 340 g/mol. The Hall–Kier alpha value is -1.12. The van der Waals surface area contributed by atoms with Crippen LogP contribution in [0.25, 0.3) is 10.4 Å². The summed E-state index contributed by atoms with van der Waals surface area (Å²) >= 11 is 1.84. The van der Waals surface area contributed by atoms with Gasteiger partial charge in [0, 0.05) is 23.4 Å². The molecule has 2 heteroatoms. The van der Waals surface area contributed by atoms with Crippen molar-refractivity contribution in [2.45, 2.75) is 44.9 Å². The van der Waals surface area contributed by atoms with Crippen LogP contribution in [0.5, 0.6) is 0 Å². The van der Waals surface area contributed by atoms with E-state index >= 15 is 0 Å². The Morgan fingerprint density at radius 3 is 2.62 bits per heavy atom. The highest BCUT2D eigenvalue weighted by atomic mass is 32.1. The molecule has 2 atom stereocenters. The number of thiophene rings is 1. The van der Waals surface area contributed by atoms with Gasteiger partial charge in [0.1, 0.15) is 0 Å². The van der Waals surface area contributed by atoms with E-state index in [1.54, 1.807) is 5.56 Å². The fraction of sp³-hybridized carbons (Fsp3) is 0.545. The Morgan fingerprint density at radius 1 is 1.08 bits per heavy atom. The molecule has 0 amide bonds. The van der Waals surface area contributed by atoms with E-state index in [9.17, 15) is 0 Å². The Kier molecular flexibility index (Phi) is 4.53. The molecule has 1 nitrogen and oxygen atoms in total. The largest absolute Gasteiger partial charge is 0.303 e. The van der Waals surface area contributed by atoms with Crippen LogP contribution in [0, 0.1) is 11.8 Å². The molecule has 24 heavy (non-hydrogen) atoms. The van der Waals surface area contributed by atoms with Gasteiger partial charge in [-0.25, -0.2) is 0 Å². The minimum atomic E-state index is 0.424. The van der Waals surface area contributed by atoms with Crippen LogP contribution in [0.2, 0.25) is 0 Å². The number of unbranched alkanes of at least 4 members (excludes halogenated alkanes) is 3. The van der Waals surface area contributed by atoms with Gasteiger partial charge < -0.3 is 4.90 Å². The van der Waals surface area contributed by atoms with Crippen LogP contribution in [0.1, 0.15) is 45.1 Å². The van der Waals surface area contributed by atoms with Crippen LogP contribution in [-0.2, 0) is 5.41 Å². The topological polar surface area (TPSA) is 3.24 Å². The second kappa shape index (κ2) is 6.65. The van der Waals surface area contributed by atoms with E-state index in [1.165, 1.54) is 55.8 Å². The molecule has 1 aliphatic heterocycles. The van der Waals surface area contributed by atoms with Crippen LogP contribution in [-0.4, -0.2) is 24.5 Å². The van der Waals surface area contributed by atoms with Crippen LogP contribution >= 0.6 is 11.3 Å². The SMILES string of the molecule is CCCCCCN1CC2C(C1)C2(C)c1cccc(-c2cccs2)c1. The van der Waals surface area contributed by atoms with Crippen LogP contribution in [0.4, 0.5) is 0 Å². The Morgan fingerprint density at radius 2 is 1.92 bits per heavy atom. The lowest BCUT2D eigenvalue weighted by molar-refractivity contribution is 0.271. The van der Waals surface area contributed by atoms with Crippen LogP contribution < -0.4 is 0 Å². The van der Waals surface area contributed by atoms with Crippen molar-refractivity contribution < 1.29 is 0 Å². The first-order valence-electron chi connectivity index (χ1n) is 9.60. The summed E-state index contributed by atoms with van der Waals surface area (Å²) in [7, 11) is 0. The van der Waals surface area contributed by atoms with E-state index in [0.717, 1.165) is 11.8 Å². The average Bonchev–Trinajstić information content (AvgIpc) is 3.09. The lowest BCUT2D eigenvalue weighted by Gasteiger charge is -2.24. The summed E-state index contributed by atoms with van der Waals surface area (Å²) in [5.41, 5.74) is 3.38. The molecule has 0 N–H and O–H groups in total.